The van der Waals surface area contributed by atoms with E-state index < -0.39 is 0 Å². The molecule has 1 aliphatic rings. The first-order chi connectivity index (χ1) is 11.0. The first-order valence-corrected chi connectivity index (χ1v) is 8.64. The van der Waals surface area contributed by atoms with Crippen LogP contribution in [0.3, 0.4) is 0 Å². The number of benzene rings is 1. The van der Waals surface area contributed by atoms with Crippen LogP contribution in [0, 0.1) is 18.3 Å². The van der Waals surface area contributed by atoms with Gasteiger partial charge in [0.15, 0.2) is 0 Å². The van der Waals surface area contributed by atoms with E-state index in [1.807, 2.05) is 25.1 Å². The van der Waals surface area contributed by atoms with Gasteiger partial charge in [-0.2, -0.15) is 0 Å². The molecule has 0 saturated carbocycles. The first kappa shape index (κ1) is 17.8. The molecule has 2 rings (SSSR count). The SMILES string of the molecule is C#CCN1CCC(C(=O)N[C@H](C)c2ccc(OC)c(Br)c2)CC1. The van der Waals surface area contributed by atoms with Crippen LogP contribution in [0.4, 0.5) is 0 Å². The van der Waals surface area contributed by atoms with Gasteiger partial charge in [0.2, 0.25) is 5.91 Å². The van der Waals surface area contributed by atoms with Crippen molar-refractivity contribution < 1.29 is 9.53 Å². The average molecular weight is 379 g/mol. The van der Waals surface area contributed by atoms with Gasteiger partial charge in [-0.25, -0.2) is 0 Å². The van der Waals surface area contributed by atoms with Gasteiger partial charge in [-0.1, -0.05) is 12.0 Å². The van der Waals surface area contributed by atoms with Crippen LogP contribution < -0.4 is 10.1 Å². The summed E-state index contributed by atoms with van der Waals surface area (Å²) in [4.78, 5) is 14.7. The van der Waals surface area contributed by atoms with Gasteiger partial charge < -0.3 is 10.1 Å². The van der Waals surface area contributed by atoms with E-state index in [2.05, 4.69) is 32.1 Å². The van der Waals surface area contributed by atoms with E-state index >= 15 is 0 Å². The minimum atomic E-state index is -0.0338. The number of amides is 1. The molecule has 0 aromatic heterocycles. The molecule has 23 heavy (non-hydrogen) atoms. The van der Waals surface area contributed by atoms with Crippen molar-refractivity contribution in [3.63, 3.8) is 0 Å². The molecular formula is C18H23BrN2O2. The molecule has 1 aromatic rings. The molecule has 0 bridgehead atoms. The number of ether oxygens (including phenoxy) is 1. The molecule has 0 radical (unpaired) electrons. The zero-order chi connectivity index (χ0) is 16.8. The van der Waals surface area contributed by atoms with Crippen molar-refractivity contribution >= 4 is 21.8 Å². The first-order valence-electron chi connectivity index (χ1n) is 7.84. The van der Waals surface area contributed by atoms with Crippen molar-refractivity contribution in [2.75, 3.05) is 26.7 Å². The van der Waals surface area contributed by atoms with Crippen molar-refractivity contribution in [2.45, 2.75) is 25.8 Å². The predicted molar refractivity (Wildman–Crippen MR) is 95.2 cm³/mol. The molecule has 1 heterocycles. The van der Waals surface area contributed by atoms with E-state index in [0.29, 0.717) is 6.54 Å². The fourth-order valence-corrected chi connectivity index (χ4v) is 3.41. The lowest BCUT2D eigenvalue weighted by Gasteiger charge is -2.30. The normalized spacial score (nSPS) is 17.3. The third-order valence-corrected chi connectivity index (χ3v) is 4.93. The smallest absolute Gasteiger partial charge is 0.223 e. The molecule has 1 atom stereocenters. The molecule has 0 spiro atoms. The zero-order valence-corrected chi connectivity index (χ0v) is 15.2. The second-order valence-corrected chi connectivity index (χ2v) is 6.73. The number of hydrogen-bond acceptors (Lipinski definition) is 3. The van der Waals surface area contributed by atoms with Crippen LogP contribution >= 0.6 is 15.9 Å². The summed E-state index contributed by atoms with van der Waals surface area (Å²) in [5.74, 6) is 3.65. The van der Waals surface area contributed by atoms with Gasteiger partial charge in [0.05, 0.1) is 24.2 Å². The minimum absolute atomic E-state index is 0.0338. The van der Waals surface area contributed by atoms with Gasteiger partial charge in [-0.05, 0) is 66.5 Å². The number of piperidine rings is 1. The predicted octanol–water partition coefficient (Wildman–Crippen LogP) is 2.98. The summed E-state index contributed by atoms with van der Waals surface area (Å²) in [6.07, 6.45) is 7.07. The molecule has 0 unspecified atom stereocenters. The maximum atomic E-state index is 12.4. The van der Waals surface area contributed by atoms with E-state index in [1.54, 1.807) is 7.11 Å². The maximum Gasteiger partial charge on any atom is 0.223 e. The number of methoxy groups -OCH3 is 1. The summed E-state index contributed by atoms with van der Waals surface area (Å²) in [6.45, 7) is 4.46. The van der Waals surface area contributed by atoms with Gasteiger partial charge in [0, 0.05) is 5.92 Å². The van der Waals surface area contributed by atoms with Crippen LogP contribution in [0.5, 0.6) is 5.75 Å². The molecule has 1 aliphatic heterocycles. The van der Waals surface area contributed by atoms with E-state index in [4.69, 9.17) is 11.2 Å². The van der Waals surface area contributed by atoms with Gasteiger partial charge >= 0.3 is 0 Å². The van der Waals surface area contributed by atoms with E-state index in [0.717, 1.165) is 41.7 Å². The molecular weight excluding hydrogens is 356 g/mol. The number of rotatable bonds is 5. The summed E-state index contributed by atoms with van der Waals surface area (Å²) in [5.41, 5.74) is 1.05. The highest BCUT2D eigenvalue weighted by molar-refractivity contribution is 9.10. The number of carbonyl (C=O) groups is 1. The fourth-order valence-electron chi connectivity index (χ4n) is 2.85. The Kier molecular flexibility index (Phi) is 6.49. The number of nitrogens with one attached hydrogen (secondary N) is 1. The van der Waals surface area contributed by atoms with E-state index in [1.165, 1.54) is 0 Å². The van der Waals surface area contributed by atoms with Crippen LogP contribution in [-0.4, -0.2) is 37.6 Å². The summed E-state index contributed by atoms with van der Waals surface area (Å²) in [7, 11) is 1.64. The number of hydrogen-bond donors (Lipinski definition) is 1. The van der Waals surface area contributed by atoms with Gasteiger partial charge in [0.25, 0.3) is 0 Å². The molecule has 1 saturated heterocycles. The number of likely N-dealkylation sites (tertiary alicyclic amines) is 1. The van der Waals surface area contributed by atoms with Gasteiger partial charge in [-0.3, -0.25) is 9.69 Å². The summed E-state index contributed by atoms with van der Waals surface area (Å²) in [6, 6.07) is 5.83. The summed E-state index contributed by atoms with van der Waals surface area (Å²) < 4.78 is 6.12. The Balaban J connectivity index is 1.90. The lowest BCUT2D eigenvalue weighted by Crippen LogP contribution is -2.41. The van der Waals surface area contributed by atoms with Crippen molar-refractivity contribution in [2.24, 2.45) is 5.92 Å². The Hall–Kier alpha value is -1.51. The van der Waals surface area contributed by atoms with E-state index in [-0.39, 0.29) is 17.9 Å². The van der Waals surface area contributed by atoms with Crippen molar-refractivity contribution in [3.8, 4) is 18.1 Å². The monoisotopic (exact) mass is 378 g/mol. The third kappa shape index (κ3) is 4.73. The van der Waals surface area contributed by atoms with Crippen LogP contribution in [0.1, 0.15) is 31.4 Å². The molecule has 124 valence electrons. The molecule has 0 aliphatic carbocycles. The molecule has 5 heteroatoms. The second kappa shape index (κ2) is 8.37. The molecule has 1 amide bonds. The summed E-state index contributed by atoms with van der Waals surface area (Å²) >= 11 is 3.48. The lowest BCUT2D eigenvalue weighted by molar-refractivity contribution is -0.127. The van der Waals surface area contributed by atoms with Crippen molar-refractivity contribution in [1.29, 1.82) is 0 Å². The number of carbonyl (C=O) groups excluding carboxylic acids is 1. The topological polar surface area (TPSA) is 41.6 Å². The molecule has 1 fully saturated rings. The van der Waals surface area contributed by atoms with Gasteiger partial charge in [0.1, 0.15) is 5.75 Å². The quantitative estimate of drug-likeness (QED) is 0.800. The Labute approximate surface area is 146 Å². The Morgan fingerprint density at radius 1 is 1.52 bits per heavy atom. The Bertz CT molecular complexity index is 589. The average Bonchev–Trinajstić information content (AvgIpc) is 2.55. The van der Waals surface area contributed by atoms with E-state index in [9.17, 15) is 4.79 Å². The van der Waals surface area contributed by atoms with Crippen LogP contribution in [-0.2, 0) is 4.79 Å². The highest BCUT2D eigenvalue weighted by Crippen LogP contribution is 2.28. The van der Waals surface area contributed by atoms with Gasteiger partial charge in [-0.15, -0.1) is 6.42 Å². The van der Waals surface area contributed by atoms with Crippen LogP contribution in [0.2, 0.25) is 0 Å². The standard InChI is InChI=1S/C18H23BrN2O2/c1-4-9-21-10-7-14(8-11-21)18(22)20-13(2)15-5-6-17(23-3)16(19)12-15/h1,5-6,12-14H,7-11H2,2-3H3,(H,20,22)/t13-/m1/s1. The van der Waals surface area contributed by atoms with Crippen molar-refractivity contribution in [1.82, 2.24) is 10.2 Å². The molecule has 1 aromatic carbocycles. The van der Waals surface area contributed by atoms with Crippen molar-refractivity contribution in [3.05, 3.63) is 28.2 Å². The maximum absolute atomic E-state index is 12.4. The Morgan fingerprint density at radius 2 is 2.22 bits per heavy atom. The largest absolute Gasteiger partial charge is 0.496 e. The highest BCUT2D eigenvalue weighted by Gasteiger charge is 2.25. The Morgan fingerprint density at radius 3 is 2.78 bits per heavy atom. The third-order valence-electron chi connectivity index (χ3n) is 4.31. The number of nitrogens with zero attached hydrogens (tertiary/aromatic N) is 1. The highest BCUT2D eigenvalue weighted by atomic mass is 79.9. The second-order valence-electron chi connectivity index (χ2n) is 5.88. The molecule has 4 nitrogen and oxygen atoms in total. The molecule has 1 N–H and O–H groups in total. The zero-order valence-electron chi connectivity index (χ0n) is 13.6. The summed E-state index contributed by atoms with van der Waals surface area (Å²) in [5, 5.41) is 3.12. The lowest BCUT2D eigenvalue weighted by atomic mass is 9.95. The number of halogens is 1. The van der Waals surface area contributed by atoms with Crippen LogP contribution in [0.15, 0.2) is 22.7 Å². The fraction of sp³-hybridized carbons (Fsp3) is 0.500. The number of terminal acetylenes is 1. The minimum Gasteiger partial charge on any atom is -0.496 e. The van der Waals surface area contributed by atoms with Crippen LogP contribution in [0.25, 0.3) is 0 Å².